The van der Waals surface area contributed by atoms with Gasteiger partial charge in [-0.3, -0.25) is 0 Å². The fourth-order valence-corrected chi connectivity index (χ4v) is 8.48. The molecule has 0 fully saturated rings. The van der Waals surface area contributed by atoms with Crippen LogP contribution in [0.25, 0.3) is 87.3 Å². The summed E-state index contributed by atoms with van der Waals surface area (Å²) in [5.74, 6) is 0. The SMILES string of the molecule is c1ccc(N(c2ccc(-c3cccc4c3ccc3ccccc34)cc2)c2cccc3ccccc23)c(-c2ccc3oc4c5ccccc5ccc4c3c2)c1. The third-order valence-corrected chi connectivity index (χ3v) is 11.0. The van der Waals surface area contributed by atoms with E-state index in [0.29, 0.717) is 0 Å². The van der Waals surface area contributed by atoms with E-state index in [9.17, 15) is 0 Å². The Kier molecular flexibility index (Phi) is 6.90. The fraction of sp³-hybridized carbons (Fsp3) is 0. The minimum absolute atomic E-state index is 0.894. The Bertz CT molecular complexity index is 3220. The lowest BCUT2D eigenvalue weighted by atomic mass is 9.94. The first-order valence-electron chi connectivity index (χ1n) is 18.5. The van der Waals surface area contributed by atoms with Crippen molar-refractivity contribution in [1.82, 2.24) is 0 Å². The number of hydrogen-bond acceptors (Lipinski definition) is 2. The Morgan fingerprint density at radius 1 is 0.315 bits per heavy atom. The van der Waals surface area contributed by atoms with Crippen molar-refractivity contribution in [1.29, 1.82) is 0 Å². The third-order valence-electron chi connectivity index (χ3n) is 11.0. The van der Waals surface area contributed by atoms with E-state index in [0.717, 1.165) is 55.5 Å². The first-order valence-corrected chi connectivity index (χ1v) is 18.5. The highest BCUT2D eigenvalue weighted by molar-refractivity contribution is 6.16. The predicted octanol–water partition coefficient (Wildman–Crippen LogP) is 15.0. The highest BCUT2D eigenvalue weighted by atomic mass is 16.3. The second kappa shape index (κ2) is 12.2. The molecule has 11 rings (SSSR count). The van der Waals surface area contributed by atoms with Crippen LogP contribution in [0, 0.1) is 0 Å². The molecule has 0 saturated heterocycles. The van der Waals surface area contributed by atoms with Gasteiger partial charge in [0.1, 0.15) is 11.2 Å². The van der Waals surface area contributed by atoms with Gasteiger partial charge < -0.3 is 9.32 Å². The van der Waals surface area contributed by atoms with Gasteiger partial charge in [-0.15, -0.1) is 0 Å². The van der Waals surface area contributed by atoms with Gasteiger partial charge in [-0.1, -0.05) is 158 Å². The van der Waals surface area contributed by atoms with Crippen LogP contribution < -0.4 is 4.90 Å². The van der Waals surface area contributed by atoms with Gasteiger partial charge in [0.05, 0.1) is 11.4 Å². The van der Waals surface area contributed by atoms with Crippen molar-refractivity contribution in [2.45, 2.75) is 0 Å². The van der Waals surface area contributed by atoms with Gasteiger partial charge in [-0.2, -0.15) is 0 Å². The summed E-state index contributed by atoms with van der Waals surface area (Å²) in [5, 5.41) is 12.0. The van der Waals surface area contributed by atoms with Crippen LogP contribution in [0.5, 0.6) is 0 Å². The summed E-state index contributed by atoms with van der Waals surface area (Å²) < 4.78 is 6.51. The Morgan fingerprint density at radius 3 is 1.72 bits per heavy atom. The van der Waals surface area contributed by atoms with Crippen molar-refractivity contribution in [3.63, 3.8) is 0 Å². The average Bonchev–Trinajstić information content (AvgIpc) is 3.63. The van der Waals surface area contributed by atoms with Crippen LogP contribution in [0.15, 0.2) is 205 Å². The molecule has 0 aliphatic rings. The molecular formula is C52H33NO. The first kappa shape index (κ1) is 30.5. The molecule has 0 spiro atoms. The Labute approximate surface area is 312 Å². The molecular weight excluding hydrogens is 655 g/mol. The van der Waals surface area contributed by atoms with Crippen LogP contribution >= 0.6 is 0 Å². The smallest absolute Gasteiger partial charge is 0.143 e. The van der Waals surface area contributed by atoms with Crippen molar-refractivity contribution in [2.24, 2.45) is 0 Å². The molecule has 11 aromatic rings. The number of furan rings is 1. The molecule has 0 unspecified atom stereocenters. The number of anilines is 3. The zero-order chi connectivity index (χ0) is 35.6. The lowest BCUT2D eigenvalue weighted by Crippen LogP contribution is -2.11. The maximum atomic E-state index is 6.51. The Morgan fingerprint density at radius 2 is 0.889 bits per heavy atom. The number of benzene rings is 10. The normalized spacial score (nSPS) is 11.7. The van der Waals surface area contributed by atoms with Gasteiger partial charge in [-0.25, -0.2) is 0 Å². The molecule has 54 heavy (non-hydrogen) atoms. The molecule has 252 valence electrons. The van der Waals surface area contributed by atoms with Gasteiger partial charge >= 0.3 is 0 Å². The Hall–Kier alpha value is -7.16. The minimum atomic E-state index is 0.894. The molecule has 2 nitrogen and oxygen atoms in total. The van der Waals surface area contributed by atoms with E-state index in [1.54, 1.807) is 0 Å². The number of para-hydroxylation sites is 1. The van der Waals surface area contributed by atoms with Gasteiger partial charge in [0.25, 0.3) is 0 Å². The standard InChI is InChI=1S/C52H33NO/c1-4-15-40-35(12-1)25-30-46-41(19-10-20-45(40)46)37-23-28-39(29-24-37)53(50-22-9-14-34-11-2-5-16-42(34)50)49-21-8-7-17-43(49)38-27-32-51-48(33-38)47-31-26-36-13-3-6-18-44(36)52(47)54-51/h1-33H. The molecule has 2 heteroatoms. The summed E-state index contributed by atoms with van der Waals surface area (Å²) in [7, 11) is 0. The maximum absolute atomic E-state index is 6.51. The molecule has 1 aromatic heterocycles. The van der Waals surface area contributed by atoms with E-state index in [2.05, 4.69) is 205 Å². The summed E-state index contributed by atoms with van der Waals surface area (Å²) in [6.07, 6.45) is 0. The number of nitrogens with zero attached hydrogens (tertiary/aromatic N) is 1. The summed E-state index contributed by atoms with van der Waals surface area (Å²) in [6.45, 7) is 0. The molecule has 10 aromatic carbocycles. The topological polar surface area (TPSA) is 16.4 Å². The molecule has 1 heterocycles. The number of rotatable bonds is 5. The van der Waals surface area contributed by atoms with Crippen LogP contribution in [0.1, 0.15) is 0 Å². The van der Waals surface area contributed by atoms with Crippen molar-refractivity contribution in [2.75, 3.05) is 4.90 Å². The minimum Gasteiger partial charge on any atom is -0.455 e. The van der Waals surface area contributed by atoms with Gasteiger partial charge in [-0.05, 0) is 91.5 Å². The lowest BCUT2D eigenvalue weighted by Gasteiger charge is -2.29. The van der Waals surface area contributed by atoms with Gasteiger partial charge in [0, 0.05) is 32.8 Å². The van der Waals surface area contributed by atoms with Gasteiger partial charge in [0.2, 0.25) is 0 Å². The first-order chi connectivity index (χ1) is 26.8. The zero-order valence-electron chi connectivity index (χ0n) is 29.4. The molecule has 0 aliphatic heterocycles. The van der Waals surface area contributed by atoms with E-state index in [1.807, 2.05) is 0 Å². The van der Waals surface area contributed by atoms with Gasteiger partial charge in [0.15, 0.2) is 0 Å². The van der Waals surface area contributed by atoms with E-state index in [1.165, 1.54) is 48.8 Å². The lowest BCUT2D eigenvalue weighted by molar-refractivity contribution is 0.672. The summed E-state index contributed by atoms with van der Waals surface area (Å²) in [6, 6.07) is 72.3. The molecule has 0 aliphatic carbocycles. The van der Waals surface area contributed by atoms with Crippen LogP contribution in [0.3, 0.4) is 0 Å². The average molecular weight is 688 g/mol. The molecule has 0 radical (unpaired) electrons. The zero-order valence-corrected chi connectivity index (χ0v) is 29.4. The molecule has 0 amide bonds. The number of hydrogen-bond donors (Lipinski definition) is 0. The highest BCUT2D eigenvalue weighted by Gasteiger charge is 2.20. The maximum Gasteiger partial charge on any atom is 0.143 e. The second-order valence-electron chi connectivity index (χ2n) is 14.1. The molecule has 0 bridgehead atoms. The predicted molar refractivity (Wildman–Crippen MR) is 229 cm³/mol. The molecule has 0 N–H and O–H groups in total. The van der Waals surface area contributed by atoms with E-state index in [4.69, 9.17) is 4.42 Å². The molecule has 0 saturated carbocycles. The summed E-state index contributed by atoms with van der Waals surface area (Å²) in [5.41, 5.74) is 9.87. The van der Waals surface area contributed by atoms with Crippen molar-refractivity contribution in [3.05, 3.63) is 200 Å². The van der Waals surface area contributed by atoms with Crippen LogP contribution in [-0.2, 0) is 0 Å². The van der Waals surface area contributed by atoms with E-state index in [-0.39, 0.29) is 0 Å². The van der Waals surface area contributed by atoms with Crippen LogP contribution in [-0.4, -0.2) is 0 Å². The molecule has 0 atom stereocenters. The van der Waals surface area contributed by atoms with Crippen molar-refractivity contribution < 1.29 is 4.42 Å². The third kappa shape index (κ3) is 4.81. The highest BCUT2D eigenvalue weighted by Crippen LogP contribution is 2.45. The monoisotopic (exact) mass is 687 g/mol. The van der Waals surface area contributed by atoms with Crippen LogP contribution in [0.4, 0.5) is 17.1 Å². The fourth-order valence-electron chi connectivity index (χ4n) is 8.48. The van der Waals surface area contributed by atoms with E-state index < -0.39 is 0 Å². The van der Waals surface area contributed by atoms with Crippen molar-refractivity contribution >= 4 is 82.1 Å². The largest absolute Gasteiger partial charge is 0.455 e. The second-order valence-corrected chi connectivity index (χ2v) is 14.1. The Balaban J connectivity index is 1.09. The summed E-state index contributed by atoms with van der Waals surface area (Å²) >= 11 is 0. The van der Waals surface area contributed by atoms with E-state index >= 15 is 0 Å². The number of fused-ring (bicyclic) bond motifs is 9. The van der Waals surface area contributed by atoms with Crippen LogP contribution in [0.2, 0.25) is 0 Å². The summed E-state index contributed by atoms with van der Waals surface area (Å²) in [4.78, 5) is 2.42. The quantitative estimate of drug-likeness (QED) is 0.168. The van der Waals surface area contributed by atoms with Crippen molar-refractivity contribution in [3.8, 4) is 22.3 Å².